The minimum Gasteiger partial charge on any atom is -0.453 e. The molecule has 0 atom stereocenters. The van der Waals surface area contributed by atoms with Gasteiger partial charge in [-0.1, -0.05) is 352 Å². The maximum atomic E-state index is 7.12. The number of furan rings is 1. The van der Waals surface area contributed by atoms with Crippen LogP contribution in [-0.4, -0.2) is 48.2 Å². The fourth-order valence-corrected chi connectivity index (χ4v) is 25.8. The largest absolute Gasteiger partial charge is 0.453 e. The zero-order chi connectivity index (χ0) is 91.7. The molecule has 0 fully saturated rings. The van der Waals surface area contributed by atoms with E-state index in [-0.39, 0.29) is 0 Å². The van der Waals surface area contributed by atoms with Gasteiger partial charge in [-0.15, -0.1) is 34.0 Å². The molecule has 0 amide bonds. The number of para-hydroxylation sites is 8. The summed E-state index contributed by atoms with van der Waals surface area (Å²) in [6.45, 7) is 0. The van der Waals surface area contributed by atoms with Crippen molar-refractivity contribution in [3.8, 4) is 113 Å². The normalized spacial score (nSPS) is 12.0. The Bertz CT molecular complexity index is 9640. The Morgan fingerprint density at radius 1 is 0.164 bits per heavy atom. The van der Waals surface area contributed by atoms with Crippen LogP contribution in [0.15, 0.2) is 453 Å². The van der Waals surface area contributed by atoms with E-state index in [1.54, 1.807) is 0 Å². The van der Waals surface area contributed by atoms with Gasteiger partial charge in [0.05, 0.1) is 75.2 Å². The summed E-state index contributed by atoms with van der Waals surface area (Å²) in [4.78, 5) is 30.4. The van der Waals surface area contributed by atoms with Crippen molar-refractivity contribution < 1.29 is 4.42 Å². The molecule has 20 aromatic carbocycles. The Hall–Kier alpha value is -17.9. The highest BCUT2D eigenvalue weighted by atomic mass is 32.1. The first-order chi connectivity index (χ1) is 69.5. The number of rotatable bonds is 12. The van der Waals surface area contributed by atoms with E-state index in [4.69, 9.17) is 34.3 Å². The molecule has 0 aliphatic heterocycles. The van der Waals surface area contributed by atoms with Crippen LogP contribution in [0.5, 0.6) is 0 Å². The van der Waals surface area contributed by atoms with E-state index in [2.05, 4.69) is 364 Å². The lowest BCUT2D eigenvalue weighted by atomic mass is 10.0. The summed E-state index contributed by atoms with van der Waals surface area (Å²) in [5.74, 6) is 3.74. The summed E-state index contributed by atoms with van der Waals surface area (Å²) in [5, 5.41) is 19.4. The third kappa shape index (κ3) is 12.4. The van der Waals surface area contributed by atoms with Gasteiger partial charge in [0.2, 0.25) is 0 Å². The first kappa shape index (κ1) is 79.5. The average Bonchev–Trinajstić information content (AvgIpc) is 1.54. The molecule has 10 heterocycles. The van der Waals surface area contributed by atoms with Crippen LogP contribution in [0, 0.1) is 0 Å². The number of nitrogens with zero attached hydrogens (tertiary/aromatic N) is 10. The zero-order valence-electron chi connectivity index (χ0n) is 74.8. The van der Waals surface area contributed by atoms with Gasteiger partial charge in [0.25, 0.3) is 0 Å². The smallest absolute Gasteiger partial charge is 0.167 e. The van der Waals surface area contributed by atoms with Gasteiger partial charge in [-0.3, -0.25) is 0 Å². The van der Waals surface area contributed by atoms with E-state index in [1.165, 1.54) is 160 Å². The summed E-state index contributed by atoms with van der Waals surface area (Å²) >= 11 is 5.62. The van der Waals surface area contributed by atoms with Crippen LogP contribution in [-0.2, 0) is 0 Å². The molecule has 14 heteroatoms. The van der Waals surface area contributed by atoms with Gasteiger partial charge < -0.3 is 22.7 Å². The topological polar surface area (TPSA) is 110 Å². The first-order valence-electron chi connectivity index (χ1n) is 47.0. The van der Waals surface area contributed by atoms with Gasteiger partial charge in [0, 0.05) is 139 Å². The SMILES string of the molecule is c1ccc(-c2nc(-c3ccccc3)nc(-c3cccc4c3oc3c(-n5c6ccccc6c6cc(-c7cccc8c7sc7c8ccc8c9ccccc9n(-c9ccccc9)c87)ccc65)cccc34)n2)cc1.c1ccc(-c2nc(-c3ccccc3)nc(-c3cccc4c3sc3c(-n5c6ccccc6c6cc(-c7cccc8c7sc7c8ccc8c9ccccc9n(-c9ccccc9)c87)ccc65)cccc34)n2)cc1. The van der Waals surface area contributed by atoms with Crippen molar-refractivity contribution in [2.24, 2.45) is 0 Å². The second-order valence-electron chi connectivity index (χ2n) is 35.7. The van der Waals surface area contributed by atoms with Crippen molar-refractivity contribution in [2.75, 3.05) is 0 Å². The lowest BCUT2D eigenvalue weighted by Crippen LogP contribution is -2.00. The molecule has 0 bridgehead atoms. The Kier molecular flexibility index (Phi) is 18.1. The van der Waals surface area contributed by atoms with Crippen LogP contribution >= 0.6 is 34.0 Å². The van der Waals surface area contributed by atoms with Gasteiger partial charge in [0.1, 0.15) is 5.58 Å². The maximum absolute atomic E-state index is 7.12. The molecule has 30 rings (SSSR count). The monoisotopic (exact) mass is 1840 g/mol. The van der Waals surface area contributed by atoms with Crippen LogP contribution in [0.25, 0.3) is 283 Å². The molecule has 0 radical (unpaired) electrons. The Balaban J connectivity index is 0.000000134. The van der Waals surface area contributed by atoms with Gasteiger partial charge in [0.15, 0.2) is 40.5 Å². The summed E-state index contributed by atoms with van der Waals surface area (Å²) in [6, 6.07) is 160. The van der Waals surface area contributed by atoms with E-state index >= 15 is 0 Å². The summed E-state index contributed by atoms with van der Waals surface area (Å²) in [5.41, 5.74) is 25.9. The van der Waals surface area contributed by atoms with Crippen LogP contribution < -0.4 is 0 Å². The fourth-order valence-electron chi connectivity index (χ4n) is 21.7. The minimum atomic E-state index is 0.556. The van der Waals surface area contributed by atoms with Crippen molar-refractivity contribution >= 4 is 204 Å². The number of thiophene rings is 3. The molecule has 30 aromatic rings. The summed E-state index contributed by atoms with van der Waals surface area (Å²) in [6.07, 6.45) is 0. The highest BCUT2D eigenvalue weighted by molar-refractivity contribution is 7.28. The minimum absolute atomic E-state index is 0.556. The van der Waals surface area contributed by atoms with Gasteiger partial charge in [-0.05, 0) is 119 Å². The standard InChI is InChI=1S/C63H37N5OS.C63H37N5S2/c1-4-17-38(18-5-1)61-64-62(39-19-6-2-7-20-39)66-63(65-61)50-29-15-26-46-47-27-16-32-55(58(47)69-57(46)50)68-53-31-13-11-24-44(53)51-37-40(33-36-54(51)68)42-25-14-28-48-49-35-34-45-43-23-10-12-30-52(43)67(41-21-8-3-9-22-41)56(45)60(49)70-59(42)48;1-4-17-38(18-5-1)61-64-62(39-19-6-2-7-20-39)66-63(65-61)50-29-15-27-46-48-28-16-32-55(59(48)69-58(46)50)68-53-31-13-11-24-44(53)51-37-40(33-36-54(51)68)42-25-14-26-47-49-35-34-45-43-23-10-12-30-52(43)67(41-21-8-3-9-22-41)56(45)60(49)70-57(42)47/h2*1-37H. The molecule has 0 saturated heterocycles. The van der Waals surface area contributed by atoms with Crippen molar-refractivity contribution in [3.05, 3.63) is 449 Å². The molecule has 0 N–H and O–H groups in total. The number of benzene rings is 20. The fraction of sp³-hybridized carbons (Fsp3) is 0. The van der Waals surface area contributed by atoms with E-state index < -0.39 is 0 Å². The molecule has 140 heavy (non-hydrogen) atoms. The Labute approximate surface area is 812 Å². The second-order valence-corrected chi connectivity index (χ2v) is 38.8. The summed E-state index contributed by atoms with van der Waals surface area (Å²) < 4.78 is 24.4. The van der Waals surface area contributed by atoms with Crippen molar-refractivity contribution in [1.82, 2.24) is 48.2 Å². The lowest BCUT2D eigenvalue weighted by molar-refractivity contribution is 0.667. The molecule has 0 aliphatic carbocycles. The van der Waals surface area contributed by atoms with E-state index in [0.29, 0.717) is 34.9 Å². The first-order valence-corrected chi connectivity index (χ1v) is 49.5. The molecule has 10 aromatic heterocycles. The van der Waals surface area contributed by atoms with Crippen LogP contribution in [0.4, 0.5) is 0 Å². The van der Waals surface area contributed by atoms with E-state index in [9.17, 15) is 0 Å². The molecule has 652 valence electrons. The Morgan fingerprint density at radius 2 is 0.450 bits per heavy atom. The molecule has 0 unspecified atom stereocenters. The van der Waals surface area contributed by atoms with E-state index in [1.807, 2.05) is 137 Å². The van der Waals surface area contributed by atoms with Crippen molar-refractivity contribution in [3.63, 3.8) is 0 Å². The van der Waals surface area contributed by atoms with Gasteiger partial charge in [-0.2, -0.15) is 0 Å². The Morgan fingerprint density at radius 3 is 0.886 bits per heavy atom. The predicted molar refractivity (Wildman–Crippen MR) is 586 cm³/mol. The van der Waals surface area contributed by atoms with Crippen LogP contribution in [0.3, 0.4) is 0 Å². The third-order valence-electron chi connectivity index (χ3n) is 28.0. The number of hydrogen-bond acceptors (Lipinski definition) is 10. The number of hydrogen-bond donors (Lipinski definition) is 0. The predicted octanol–water partition coefficient (Wildman–Crippen LogP) is 34.5. The van der Waals surface area contributed by atoms with Crippen LogP contribution in [0.2, 0.25) is 0 Å². The molecule has 0 spiro atoms. The quantitative estimate of drug-likeness (QED) is 0.120. The third-order valence-corrected chi connectivity index (χ3v) is 31.8. The maximum Gasteiger partial charge on any atom is 0.167 e. The highest BCUT2D eigenvalue weighted by Gasteiger charge is 2.29. The van der Waals surface area contributed by atoms with E-state index in [0.717, 1.165) is 88.1 Å². The zero-order valence-corrected chi connectivity index (χ0v) is 77.3. The number of fused-ring (bicyclic) bond motifs is 26. The highest BCUT2D eigenvalue weighted by Crippen LogP contribution is 2.52. The second kappa shape index (κ2) is 31.9. The molecular weight excluding hydrogens is 1770 g/mol. The molecule has 0 aliphatic rings. The molecule has 11 nitrogen and oxygen atoms in total. The van der Waals surface area contributed by atoms with Gasteiger partial charge in [-0.25, -0.2) is 29.9 Å². The van der Waals surface area contributed by atoms with Crippen molar-refractivity contribution in [2.45, 2.75) is 0 Å². The summed E-state index contributed by atoms with van der Waals surface area (Å²) in [7, 11) is 0. The van der Waals surface area contributed by atoms with Crippen LogP contribution in [0.1, 0.15) is 0 Å². The van der Waals surface area contributed by atoms with Crippen molar-refractivity contribution in [1.29, 1.82) is 0 Å². The van der Waals surface area contributed by atoms with Gasteiger partial charge >= 0.3 is 0 Å². The molecule has 0 saturated carbocycles. The number of aromatic nitrogens is 10. The average molecular weight is 1840 g/mol. The lowest BCUT2D eigenvalue weighted by Gasteiger charge is -2.10. The molecular formula is C126H74N10OS3.